The van der Waals surface area contributed by atoms with Crippen LogP contribution in [-0.2, 0) is 19.4 Å². The van der Waals surface area contributed by atoms with Gasteiger partial charge in [-0.2, -0.15) is 0 Å². The highest BCUT2D eigenvalue weighted by atomic mass is 32.2. The fourth-order valence-electron chi connectivity index (χ4n) is 4.15. The maximum atomic E-state index is 12.8. The number of fused-ring (bicyclic) bond motifs is 1. The van der Waals surface area contributed by atoms with Gasteiger partial charge >= 0.3 is 0 Å². The Labute approximate surface area is 158 Å². The molecule has 1 aliphatic heterocycles. The quantitative estimate of drug-likeness (QED) is 0.761. The maximum Gasteiger partial charge on any atom is 0.237 e. The summed E-state index contributed by atoms with van der Waals surface area (Å²) < 4.78 is 25.4. The first-order valence-electron chi connectivity index (χ1n) is 9.17. The second-order valence-corrected chi connectivity index (χ2v) is 9.40. The summed E-state index contributed by atoms with van der Waals surface area (Å²) in [6.45, 7) is 2.11. The van der Waals surface area contributed by atoms with Gasteiger partial charge in [-0.15, -0.1) is 0 Å². The van der Waals surface area contributed by atoms with E-state index in [0.29, 0.717) is 11.6 Å². The summed E-state index contributed by atoms with van der Waals surface area (Å²) >= 11 is 0. The molecule has 2 aliphatic rings. The van der Waals surface area contributed by atoms with Crippen LogP contribution in [-0.4, -0.2) is 20.2 Å². The number of rotatable bonds is 3. The zero-order chi connectivity index (χ0) is 19.2. The second kappa shape index (κ2) is 6.60. The van der Waals surface area contributed by atoms with Crippen molar-refractivity contribution in [1.82, 2.24) is 0 Å². The Balaban J connectivity index is 1.63. The van der Waals surface area contributed by atoms with Crippen LogP contribution in [0.5, 0.6) is 0 Å². The van der Waals surface area contributed by atoms with Gasteiger partial charge < -0.3 is 0 Å². The Morgan fingerprint density at radius 2 is 1.41 bits per heavy atom. The van der Waals surface area contributed by atoms with Crippen molar-refractivity contribution in [3.8, 4) is 0 Å². The van der Waals surface area contributed by atoms with Crippen LogP contribution in [0.15, 0.2) is 64.4 Å². The predicted octanol–water partition coefficient (Wildman–Crippen LogP) is 3.45. The van der Waals surface area contributed by atoms with E-state index in [0.717, 1.165) is 19.3 Å². The van der Waals surface area contributed by atoms with Crippen molar-refractivity contribution in [2.45, 2.75) is 36.0 Å². The van der Waals surface area contributed by atoms with Crippen LogP contribution in [0.3, 0.4) is 0 Å². The van der Waals surface area contributed by atoms with Gasteiger partial charge in [-0.05, 0) is 61.6 Å². The van der Waals surface area contributed by atoms with Gasteiger partial charge in [0.15, 0.2) is 0 Å². The Morgan fingerprint density at radius 3 is 2.07 bits per heavy atom. The first-order chi connectivity index (χ1) is 12.9. The molecule has 1 aliphatic carbocycles. The highest BCUT2D eigenvalue weighted by Gasteiger charge is 2.49. The van der Waals surface area contributed by atoms with Crippen molar-refractivity contribution in [2.75, 3.05) is 4.90 Å². The third-order valence-electron chi connectivity index (χ3n) is 5.65. The van der Waals surface area contributed by atoms with Crippen molar-refractivity contribution < 1.29 is 18.0 Å². The SMILES string of the molecule is C[C@@H]1CC[C@H]2C(=O)N(c3ccc(S(=O)(=O)c4ccccc4)cc3)C(=O)[C@H]2C1. The van der Waals surface area contributed by atoms with Crippen LogP contribution >= 0.6 is 0 Å². The fraction of sp³-hybridized carbons (Fsp3) is 0.333. The van der Waals surface area contributed by atoms with Gasteiger partial charge in [-0.1, -0.05) is 25.1 Å². The van der Waals surface area contributed by atoms with Crippen LogP contribution in [0.1, 0.15) is 26.2 Å². The topological polar surface area (TPSA) is 71.5 Å². The molecule has 6 heteroatoms. The maximum absolute atomic E-state index is 12.8. The Bertz CT molecular complexity index is 983. The van der Waals surface area contributed by atoms with Crippen LogP contribution < -0.4 is 4.90 Å². The number of amides is 2. The van der Waals surface area contributed by atoms with E-state index in [2.05, 4.69) is 6.92 Å². The lowest BCUT2D eigenvalue weighted by molar-refractivity contribution is -0.122. The molecule has 2 amide bonds. The van der Waals surface area contributed by atoms with Gasteiger partial charge in [0.2, 0.25) is 21.7 Å². The van der Waals surface area contributed by atoms with Gasteiger partial charge in [0.1, 0.15) is 0 Å². The summed E-state index contributed by atoms with van der Waals surface area (Å²) in [5, 5.41) is 0. The number of hydrogen-bond acceptors (Lipinski definition) is 4. The normalized spacial score (nSPS) is 25.5. The first-order valence-corrected chi connectivity index (χ1v) is 10.7. The van der Waals surface area contributed by atoms with E-state index in [1.807, 2.05) is 0 Å². The molecular weight excluding hydrogens is 362 g/mol. The molecule has 1 saturated carbocycles. The fourth-order valence-corrected chi connectivity index (χ4v) is 5.44. The van der Waals surface area contributed by atoms with Gasteiger partial charge in [0, 0.05) is 0 Å². The van der Waals surface area contributed by atoms with E-state index in [9.17, 15) is 18.0 Å². The number of anilines is 1. The average Bonchev–Trinajstić information content (AvgIpc) is 2.92. The summed E-state index contributed by atoms with van der Waals surface area (Å²) in [6.07, 6.45) is 2.45. The number of benzene rings is 2. The molecule has 27 heavy (non-hydrogen) atoms. The Hall–Kier alpha value is -2.47. The molecule has 2 aromatic rings. The number of sulfone groups is 1. The highest BCUT2D eigenvalue weighted by Crippen LogP contribution is 2.42. The number of imide groups is 1. The molecule has 0 N–H and O–H groups in total. The minimum atomic E-state index is -3.62. The molecule has 0 radical (unpaired) electrons. The van der Waals surface area contributed by atoms with E-state index < -0.39 is 9.84 Å². The summed E-state index contributed by atoms with van der Waals surface area (Å²) in [5.41, 5.74) is 0.444. The zero-order valence-corrected chi connectivity index (χ0v) is 15.9. The number of nitrogens with zero attached hydrogens (tertiary/aromatic N) is 1. The molecule has 1 saturated heterocycles. The lowest BCUT2D eigenvalue weighted by atomic mass is 9.76. The number of carbonyl (C=O) groups excluding carboxylic acids is 2. The van der Waals surface area contributed by atoms with Crippen molar-refractivity contribution in [2.24, 2.45) is 17.8 Å². The van der Waals surface area contributed by atoms with Crippen LogP contribution in [0.2, 0.25) is 0 Å². The van der Waals surface area contributed by atoms with Gasteiger partial charge in [-0.3, -0.25) is 14.5 Å². The molecule has 2 aromatic carbocycles. The van der Waals surface area contributed by atoms with Crippen molar-refractivity contribution in [3.63, 3.8) is 0 Å². The van der Waals surface area contributed by atoms with Crippen LogP contribution in [0, 0.1) is 17.8 Å². The monoisotopic (exact) mass is 383 g/mol. The standard InChI is InChI=1S/C21H21NO4S/c1-14-7-12-18-19(13-14)21(24)22(20(18)23)15-8-10-17(11-9-15)27(25,26)16-5-3-2-4-6-16/h2-6,8-11,14,18-19H,7,12-13H2,1H3/t14-,18-,19+/m1/s1. The minimum Gasteiger partial charge on any atom is -0.274 e. The summed E-state index contributed by atoms with van der Waals surface area (Å²) in [7, 11) is -3.62. The van der Waals surface area contributed by atoms with E-state index in [1.165, 1.54) is 17.0 Å². The third-order valence-corrected chi connectivity index (χ3v) is 7.43. The summed E-state index contributed by atoms with van der Waals surface area (Å²) in [5.74, 6) is -0.345. The largest absolute Gasteiger partial charge is 0.274 e. The van der Waals surface area contributed by atoms with E-state index >= 15 is 0 Å². The van der Waals surface area contributed by atoms with Gasteiger partial charge in [0.25, 0.3) is 0 Å². The minimum absolute atomic E-state index is 0.141. The van der Waals surface area contributed by atoms with Crippen LogP contribution in [0.4, 0.5) is 5.69 Å². The van der Waals surface area contributed by atoms with Gasteiger partial charge in [0.05, 0.1) is 27.3 Å². The van der Waals surface area contributed by atoms with Crippen molar-refractivity contribution in [3.05, 3.63) is 54.6 Å². The van der Waals surface area contributed by atoms with E-state index in [1.54, 1.807) is 42.5 Å². The zero-order valence-electron chi connectivity index (χ0n) is 15.0. The summed E-state index contributed by atoms with van der Waals surface area (Å²) in [6, 6.07) is 14.2. The van der Waals surface area contributed by atoms with Crippen molar-refractivity contribution >= 4 is 27.3 Å². The molecule has 0 spiro atoms. The molecule has 1 heterocycles. The third kappa shape index (κ3) is 2.98. The van der Waals surface area contributed by atoms with E-state index in [-0.39, 0.29) is 33.4 Å². The predicted molar refractivity (Wildman–Crippen MR) is 101 cm³/mol. The van der Waals surface area contributed by atoms with Gasteiger partial charge in [-0.25, -0.2) is 8.42 Å². The number of hydrogen-bond donors (Lipinski definition) is 0. The molecule has 140 valence electrons. The molecule has 0 aromatic heterocycles. The molecule has 2 fully saturated rings. The Morgan fingerprint density at radius 1 is 0.815 bits per heavy atom. The van der Waals surface area contributed by atoms with Crippen LogP contribution in [0.25, 0.3) is 0 Å². The van der Waals surface area contributed by atoms with E-state index in [4.69, 9.17) is 0 Å². The molecule has 4 rings (SSSR count). The summed E-state index contributed by atoms with van der Waals surface area (Å²) in [4.78, 5) is 27.1. The molecule has 5 nitrogen and oxygen atoms in total. The average molecular weight is 383 g/mol. The Kier molecular flexibility index (Phi) is 4.38. The van der Waals surface area contributed by atoms with Crippen molar-refractivity contribution in [1.29, 1.82) is 0 Å². The molecule has 0 unspecified atom stereocenters. The highest BCUT2D eigenvalue weighted by molar-refractivity contribution is 7.91. The lowest BCUT2D eigenvalue weighted by Gasteiger charge is -2.25. The lowest BCUT2D eigenvalue weighted by Crippen LogP contribution is -2.30. The first kappa shape index (κ1) is 17.9. The number of carbonyl (C=O) groups is 2. The molecule has 3 atom stereocenters. The molecular formula is C21H21NO4S. The second-order valence-electron chi connectivity index (χ2n) is 7.45. The smallest absolute Gasteiger partial charge is 0.237 e. The molecule has 0 bridgehead atoms.